The molecule has 0 saturated heterocycles. The number of nitrogens with zero attached hydrogens (tertiary/aromatic N) is 3. The van der Waals surface area contributed by atoms with E-state index in [4.69, 9.17) is 14.2 Å². The minimum absolute atomic E-state index is 0.294. The zero-order valence-corrected chi connectivity index (χ0v) is 18.9. The van der Waals surface area contributed by atoms with E-state index >= 15 is 0 Å². The highest BCUT2D eigenvalue weighted by Gasteiger charge is 2.51. The second-order valence-electron chi connectivity index (χ2n) is 8.37. The van der Waals surface area contributed by atoms with Crippen molar-refractivity contribution in [2.45, 2.75) is 44.2 Å². The van der Waals surface area contributed by atoms with Gasteiger partial charge in [-0.25, -0.2) is 0 Å². The number of aliphatic hydroxyl groups excluding tert-OH is 1. The van der Waals surface area contributed by atoms with Gasteiger partial charge in [0, 0.05) is 10.8 Å². The Bertz CT molecular complexity index is 1050. The number of aliphatic hydroxyl groups is 1. The van der Waals surface area contributed by atoms with Gasteiger partial charge in [0.15, 0.2) is 0 Å². The molecule has 0 bridgehead atoms. The Hall–Kier alpha value is -3.19. The van der Waals surface area contributed by atoms with Crippen LogP contribution in [0.5, 0.6) is 0 Å². The van der Waals surface area contributed by atoms with E-state index in [0.717, 1.165) is 16.7 Å². The van der Waals surface area contributed by atoms with Crippen molar-refractivity contribution < 1.29 is 19.3 Å². The van der Waals surface area contributed by atoms with Crippen molar-refractivity contribution in [3.63, 3.8) is 0 Å². The molecule has 1 aliphatic carbocycles. The summed E-state index contributed by atoms with van der Waals surface area (Å²) in [5.41, 5.74) is 12.2. The van der Waals surface area contributed by atoms with Crippen LogP contribution in [0.2, 0.25) is 0 Å². The second-order valence-corrected chi connectivity index (χ2v) is 8.37. The molecule has 3 aromatic rings. The average Bonchev–Trinajstić information content (AvgIpc) is 3.13. The van der Waals surface area contributed by atoms with Crippen molar-refractivity contribution in [3.05, 3.63) is 118 Å². The first-order valence-electron chi connectivity index (χ1n) is 11.4. The van der Waals surface area contributed by atoms with Gasteiger partial charge in [-0.15, -0.1) is 0 Å². The van der Waals surface area contributed by atoms with Gasteiger partial charge in [-0.1, -0.05) is 96.1 Å². The molecule has 0 aliphatic heterocycles. The first kappa shape index (κ1) is 24.0. The van der Waals surface area contributed by atoms with Crippen LogP contribution in [0.3, 0.4) is 0 Å². The van der Waals surface area contributed by atoms with Crippen LogP contribution in [0.15, 0.2) is 96.1 Å². The van der Waals surface area contributed by atoms with Crippen LogP contribution in [0.4, 0.5) is 0 Å². The van der Waals surface area contributed by atoms with Gasteiger partial charge in [0.2, 0.25) is 0 Å². The SMILES string of the molecule is [N-]=[N+]=N[C@@H]1[C@@H](O)[C@H](OCc2ccccc2)[C@@H](COCc2ccccc2)[C@@H]1OCc1ccccc1. The van der Waals surface area contributed by atoms with Gasteiger partial charge in [0.05, 0.1) is 50.8 Å². The van der Waals surface area contributed by atoms with Gasteiger partial charge in [-0.3, -0.25) is 0 Å². The number of benzene rings is 3. The third kappa shape index (κ3) is 6.23. The van der Waals surface area contributed by atoms with Crippen molar-refractivity contribution >= 4 is 0 Å². The molecule has 176 valence electrons. The van der Waals surface area contributed by atoms with Crippen LogP contribution >= 0.6 is 0 Å². The van der Waals surface area contributed by atoms with E-state index in [2.05, 4.69) is 10.0 Å². The lowest BCUT2D eigenvalue weighted by molar-refractivity contribution is -0.0867. The van der Waals surface area contributed by atoms with Gasteiger partial charge >= 0.3 is 0 Å². The topological polar surface area (TPSA) is 96.7 Å². The zero-order valence-electron chi connectivity index (χ0n) is 18.9. The fourth-order valence-electron chi connectivity index (χ4n) is 4.33. The summed E-state index contributed by atoms with van der Waals surface area (Å²) in [5.74, 6) is -0.318. The Balaban J connectivity index is 1.51. The van der Waals surface area contributed by atoms with E-state index in [1.165, 1.54) is 0 Å². The van der Waals surface area contributed by atoms with Gasteiger partial charge in [0.25, 0.3) is 0 Å². The predicted molar refractivity (Wildman–Crippen MR) is 129 cm³/mol. The van der Waals surface area contributed by atoms with Crippen molar-refractivity contribution in [1.29, 1.82) is 0 Å². The summed E-state index contributed by atoms with van der Waals surface area (Å²) >= 11 is 0. The van der Waals surface area contributed by atoms with Crippen LogP contribution in [0.1, 0.15) is 16.7 Å². The largest absolute Gasteiger partial charge is 0.390 e. The quantitative estimate of drug-likeness (QED) is 0.247. The average molecular weight is 460 g/mol. The molecule has 1 N–H and O–H groups in total. The van der Waals surface area contributed by atoms with Crippen LogP contribution in [-0.4, -0.2) is 36.1 Å². The zero-order chi connectivity index (χ0) is 23.6. The molecule has 0 radical (unpaired) electrons. The fourth-order valence-corrected chi connectivity index (χ4v) is 4.33. The molecule has 3 aromatic carbocycles. The highest BCUT2D eigenvalue weighted by molar-refractivity contribution is 5.16. The van der Waals surface area contributed by atoms with E-state index < -0.39 is 24.4 Å². The normalized spacial score (nSPS) is 24.0. The Kier molecular flexibility index (Phi) is 8.68. The highest BCUT2D eigenvalue weighted by Crippen LogP contribution is 2.36. The second kappa shape index (κ2) is 12.3. The number of rotatable bonds is 11. The van der Waals surface area contributed by atoms with Crippen LogP contribution < -0.4 is 0 Å². The number of hydrogen-bond acceptors (Lipinski definition) is 5. The molecule has 1 fully saturated rings. The summed E-state index contributed by atoms with van der Waals surface area (Å²) in [6.07, 6.45) is -2.17. The van der Waals surface area contributed by atoms with Gasteiger partial charge in [-0.2, -0.15) is 0 Å². The fraction of sp³-hybridized carbons (Fsp3) is 0.333. The van der Waals surface area contributed by atoms with Crippen LogP contribution in [0.25, 0.3) is 10.4 Å². The summed E-state index contributed by atoms with van der Waals surface area (Å²) in [4.78, 5) is 2.98. The van der Waals surface area contributed by atoms with E-state index in [9.17, 15) is 10.6 Å². The first-order valence-corrected chi connectivity index (χ1v) is 11.4. The molecular weight excluding hydrogens is 430 g/mol. The van der Waals surface area contributed by atoms with E-state index in [0.29, 0.717) is 26.4 Å². The summed E-state index contributed by atoms with van der Waals surface area (Å²) in [5, 5.41) is 15.0. The van der Waals surface area contributed by atoms with E-state index in [1.54, 1.807) is 0 Å². The van der Waals surface area contributed by atoms with Gasteiger partial charge in [0.1, 0.15) is 0 Å². The molecular formula is C27H29N3O4. The number of hydrogen-bond donors (Lipinski definition) is 1. The predicted octanol–water partition coefficient (Wildman–Crippen LogP) is 5.04. The third-order valence-corrected chi connectivity index (χ3v) is 6.04. The molecule has 7 nitrogen and oxygen atoms in total. The molecule has 1 saturated carbocycles. The molecule has 0 unspecified atom stereocenters. The molecule has 4 rings (SSSR count). The minimum atomic E-state index is -1.01. The van der Waals surface area contributed by atoms with Crippen molar-refractivity contribution in [2.75, 3.05) is 6.61 Å². The molecule has 1 aliphatic rings. The van der Waals surface area contributed by atoms with Crippen molar-refractivity contribution in [2.24, 2.45) is 11.0 Å². The first-order chi connectivity index (χ1) is 16.8. The van der Waals surface area contributed by atoms with Crippen LogP contribution in [0, 0.1) is 5.92 Å². The van der Waals surface area contributed by atoms with Crippen molar-refractivity contribution in [1.82, 2.24) is 0 Å². The number of ether oxygens (including phenoxy) is 3. The summed E-state index contributed by atoms with van der Waals surface area (Å²) in [6, 6.07) is 28.7. The Morgan fingerprint density at radius 1 is 0.706 bits per heavy atom. The smallest absolute Gasteiger partial charge is 0.0925 e. The summed E-state index contributed by atoms with van der Waals surface area (Å²) < 4.78 is 18.5. The molecule has 7 heteroatoms. The van der Waals surface area contributed by atoms with E-state index in [1.807, 2.05) is 91.0 Å². The van der Waals surface area contributed by atoms with Crippen LogP contribution in [-0.2, 0) is 34.0 Å². The monoisotopic (exact) mass is 459 g/mol. The Labute approximate surface area is 199 Å². The maximum absolute atomic E-state index is 11.1. The molecule has 0 amide bonds. The number of azide groups is 1. The lowest BCUT2D eigenvalue weighted by Gasteiger charge is -2.26. The minimum Gasteiger partial charge on any atom is -0.390 e. The Morgan fingerprint density at radius 2 is 1.18 bits per heavy atom. The van der Waals surface area contributed by atoms with E-state index in [-0.39, 0.29) is 5.92 Å². The van der Waals surface area contributed by atoms with Crippen molar-refractivity contribution in [3.8, 4) is 0 Å². The summed E-state index contributed by atoms with van der Waals surface area (Å²) in [7, 11) is 0. The molecule has 0 aromatic heterocycles. The Morgan fingerprint density at radius 3 is 1.68 bits per heavy atom. The molecule has 0 spiro atoms. The lowest BCUT2D eigenvalue weighted by atomic mass is 10.0. The molecule has 0 heterocycles. The lowest BCUT2D eigenvalue weighted by Crippen LogP contribution is -2.34. The van der Waals surface area contributed by atoms with Gasteiger partial charge in [-0.05, 0) is 22.2 Å². The highest BCUT2D eigenvalue weighted by atomic mass is 16.5. The maximum Gasteiger partial charge on any atom is 0.0925 e. The molecule has 5 atom stereocenters. The summed E-state index contributed by atoms with van der Waals surface area (Å²) in [6.45, 7) is 1.38. The standard InChI is InChI=1S/C27H29N3O4/c28-30-29-24-25(31)27(34-18-22-14-8-3-9-15-22)23(19-32-16-20-10-4-1-5-11-20)26(24)33-17-21-12-6-2-7-13-21/h1-15,23-27,31H,16-19H2/t23-,24+,25+,26-,27+/m0/s1. The molecule has 34 heavy (non-hydrogen) atoms. The van der Waals surface area contributed by atoms with Gasteiger partial charge < -0.3 is 19.3 Å². The third-order valence-electron chi connectivity index (χ3n) is 6.04. The maximum atomic E-state index is 11.1.